The Balaban J connectivity index is 2.11. The number of nitrogens with one attached hydrogen (secondary N) is 1. The van der Waals surface area contributed by atoms with Crippen molar-refractivity contribution < 1.29 is 8.42 Å². The Hall–Kier alpha value is -0.660. The van der Waals surface area contributed by atoms with Crippen molar-refractivity contribution in [3.05, 3.63) is 5.69 Å². The van der Waals surface area contributed by atoms with Gasteiger partial charge in [0.1, 0.15) is 0 Å². The fraction of sp³-hybridized carbons (Fsp3) is 0.750. The molecule has 0 spiro atoms. The van der Waals surface area contributed by atoms with Crippen molar-refractivity contribution in [2.24, 2.45) is 5.92 Å². The number of sulfonamides is 1. The summed E-state index contributed by atoms with van der Waals surface area (Å²) in [5.74, 6) is 0.633. The minimum atomic E-state index is -3.48. The van der Waals surface area contributed by atoms with Crippen molar-refractivity contribution in [2.75, 3.05) is 5.73 Å². The van der Waals surface area contributed by atoms with E-state index < -0.39 is 10.0 Å². The van der Waals surface area contributed by atoms with Gasteiger partial charge in [-0.3, -0.25) is 0 Å². The molecule has 1 aromatic heterocycles. The lowest BCUT2D eigenvalue weighted by Crippen LogP contribution is -2.38. The second-order valence-corrected chi connectivity index (χ2v) is 8.12. The second kappa shape index (κ2) is 5.76. The van der Waals surface area contributed by atoms with Crippen LogP contribution in [-0.2, 0) is 10.0 Å². The zero-order valence-corrected chi connectivity index (χ0v) is 13.0. The minimum absolute atomic E-state index is 0.0476. The maximum Gasteiger partial charge on any atom is 0.252 e. The summed E-state index contributed by atoms with van der Waals surface area (Å²) >= 11 is 1.03. The van der Waals surface area contributed by atoms with Crippen molar-refractivity contribution in [1.82, 2.24) is 9.71 Å². The summed E-state index contributed by atoms with van der Waals surface area (Å²) in [6, 6.07) is 0.0476. The van der Waals surface area contributed by atoms with Crippen molar-refractivity contribution in [1.29, 1.82) is 0 Å². The molecular weight excluding hydrogens is 282 g/mol. The van der Waals surface area contributed by atoms with Crippen LogP contribution in [0, 0.1) is 12.8 Å². The van der Waals surface area contributed by atoms with Crippen LogP contribution < -0.4 is 10.5 Å². The summed E-state index contributed by atoms with van der Waals surface area (Å²) in [5.41, 5.74) is 6.05. The van der Waals surface area contributed by atoms with Crippen LogP contribution in [0.1, 0.15) is 44.7 Å². The van der Waals surface area contributed by atoms with Crippen LogP contribution in [0.3, 0.4) is 0 Å². The van der Waals surface area contributed by atoms with Crippen molar-refractivity contribution in [3.8, 4) is 0 Å². The van der Waals surface area contributed by atoms with Crippen molar-refractivity contribution in [2.45, 2.75) is 56.2 Å². The molecule has 1 saturated carbocycles. The summed E-state index contributed by atoms with van der Waals surface area (Å²) in [7, 11) is -3.48. The van der Waals surface area contributed by atoms with Crippen LogP contribution >= 0.6 is 11.3 Å². The van der Waals surface area contributed by atoms with E-state index in [1.165, 1.54) is 6.42 Å². The quantitative estimate of drug-likeness (QED) is 0.893. The second-order valence-electron chi connectivity index (χ2n) is 5.18. The molecule has 19 heavy (non-hydrogen) atoms. The van der Waals surface area contributed by atoms with Crippen LogP contribution in [0.5, 0.6) is 0 Å². The Morgan fingerprint density at radius 3 is 2.79 bits per heavy atom. The lowest BCUT2D eigenvalue weighted by molar-refractivity contribution is 0.301. The van der Waals surface area contributed by atoms with E-state index in [-0.39, 0.29) is 10.3 Å². The first kappa shape index (κ1) is 14.7. The van der Waals surface area contributed by atoms with Crippen molar-refractivity contribution in [3.63, 3.8) is 0 Å². The third kappa shape index (κ3) is 3.46. The van der Waals surface area contributed by atoms with E-state index in [4.69, 9.17) is 5.73 Å². The van der Waals surface area contributed by atoms with E-state index in [2.05, 4.69) is 16.6 Å². The molecule has 1 aromatic rings. The number of aryl methyl sites for hydroxylation is 1. The smallest absolute Gasteiger partial charge is 0.252 e. The lowest BCUT2D eigenvalue weighted by Gasteiger charge is -2.28. The Bertz CT molecular complexity index is 539. The van der Waals surface area contributed by atoms with Crippen LogP contribution in [0.4, 0.5) is 5.13 Å². The number of nitrogens with two attached hydrogens (primary N) is 1. The maximum absolute atomic E-state index is 12.3. The van der Waals surface area contributed by atoms with Gasteiger partial charge in [-0.05, 0) is 25.7 Å². The fourth-order valence-electron chi connectivity index (χ4n) is 2.69. The van der Waals surface area contributed by atoms with Gasteiger partial charge < -0.3 is 5.73 Å². The van der Waals surface area contributed by atoms with Gasteiger partial charge in [0.25, 0.3) is 10.0 Å². The van der Waals surface area contributed by atoms with E-state index >= 15 is 0 Å². The monoisotopic (exact) mass is 303 g/mol. The summed E-state index contributed by atoms with van der Waals surface area (Å²) < 4.78 is 27.7. The molecule has 0 bridgehead atoms. The molecule has 0 amide bonds. The van der Waals surface area contributed by atoms with E-state index in [0.717, 1.165) is 37.0 Å². The number of rotatable bonds is 4. The van der Waals surface area contributed by atoms with Crippen LogP contribution in [0.2, 0.25) is 0 Å². The van der Waals surface area contributed by atoms with Crippen LogP contribution in [-0.4, -0.2) is 19.4 Å². The molecule has 1 heterocycles. The highest BCUT2D eigenvalue weighted by Crippen LogP contribution is 2.29. The first-order chi connectivity index (χ1) is 8.92. The predicted molar refractivity (Wildman–Crippen MR) is 77.6 cm³/mol. The van der Waals surface area contributed by atoms with Gasteiger partial charge in [-0.25, -0.2) is 18.1 Å². The number of nitrogens with zero attached hydrogens (tertiary/aromatic N) is 1. The molecule has 108 valence electrons. The standard InChI is InChI=1S/C12H21N3O2S2/c1-3-9-5-4-6-10(7-9)15-19(16,17)11-8(2)14-12(13)18-11/h9-10,15H,3-7H2,1-2H3,(H2,13,14). The SMILES string of the molecule is CCC1CCCC(NS(=O)(=O)c2sc(N)nc2C)C1. The third-order valence-electron chi connectivity index (χ3n) is 3.70. The van der Waals surface area contributed by atoms with E-state index in [1.54, 1.807) is 6.92 Å². The number of hydrogen-bond acceptors (Lipinski definition) is 5. The number of anilines is 1. The molecule has 2 rings (SSSR count). The number of thiazole rings is 1. The molecule has 2 unspecified atom stereocenters. The van der Waals surface area contributed by atoms with Gasteiger partial charge in [-0.2, -0.15) is 0 Å². The normalized spacial score (nSPS) is 24.5. The zero-order chi connectivity index (χ0) is 14.0. The highest BCUT2D eigenvalue weighted by atomic mass is 32.2. The zero-order valence-electron chi connectivity index (χ0n) is 11.3. The topological polar surface area (TPSA) is 85.1 Å². The van der Waals surface area contributed by atoms with Gasteiger partial charge in [0.05, 0.1) is 5.69 Å². The van der Waals surface area contributed by atoms with Gasteiger partial charge in [0.2, 0.25) is 0 Å². The summed E-state index contributed by atoms with van der Waals surface area (Å²) in [6.07, 6.45) is 5.27. The van der Waals surface area contributed by atoms with E-state index in [9.17, 15) is 8.42 Å². The molecule has 5 nitrogen and oxygen atoms in total. The molecule has 7 heteroatoms. The first-order valence-corrected chi connectivity index (χ1v) is 8.97. The van der Waals surface area contributed by atoms with E-state index in [0.29, 0.717) is 16.7 Å². The highest BCUT2D eigenvalue weighted by Gasteiger charge is 2.28. The molecule has 2 atom stereocenters. The number of aromatic nitrogens is 1. The molecule has 0 aliphatic heterocycles. The maximum atomic E-state index is 12.3. The molecule has 0 radical (unpaired) electrons. The number of nitrogen functional groups attached to an aromatic ring is 1. The fourth-order valence-corrected chi connectivity index (χ4v) is 5.29. The largest absolute Gasteiger partial charge is 0.375 e. The third-order valence-corrected chi connectivity index (χ3v) is 6.81. The van der Waals surface area contributed by atoms with Crippen LogP contribution in [0.15, 0.2) is 4.21 Å². The molecule has 1 aliphatic rings. The molecule has 0 saturated heterocycles. The molecule has 0 aromatic carbocycles. The summed E-state index contributed by atoms with van der Waals surface area (Å²) in [5, 5.41) is 0.299. The van der Waals surface area contributed by atoms with Crippen molar-refractivity contribution >= 4 is 26.5 Å². The predicted octanol–water partition coefficient (Wildman–Crippen LogP) is 2.28. The Labute approximate surface area is 118 Å². The lowest BCUT2D eigenvalue weighted by atomic mass is 9.85. The Morgan fingerprint density at radius 1 is 1.47 bits per heavy atom. The highest BCUT2D eigenvalue weighted by molar-refractivity contribution is 7.91. The summed E-state index contributed by atoms with van der Waals surface area (Å²) in [4.78, 5) is 3.98. The average molecular weight is 303 g/mol. The Morgan fingerprint density at radius 2 is 2.21 bits per heavy atom. The van der Waals surface area contributed by atoms with Crippen LogP contribution in [0.25, 0.3) is 0 Å². The number of hydrogen-bond donors (Lipinski definition) is 2. The van der Waals surface area contributed by atoms with Gasteiger partial charge >= 0.3 is 0 Å². The average Bonchev–Trinajstić information content (AvgIpc) is 2.69. The molecular formula is C12H21N3O2S2. The Kier molecular flexibility index (Phi) is 4.47. The minimum Gasteiger partial charge on any atom is -0.375 e. The van der Waals surface area contributed by atoms with E-state index in [1.807, 2.05) is 0 Å². The van der Waals surface area contributed by atoms with Gasteiger partial charge in [0.15, 0.2) is 9.34 Å². The van der Waals surface area contributed by atoms with Gasteiger partial charge in [0, 0.05) is 6.04 Å². The molecule has 3 N–H and O–H groups in total. The van der Waals surface area contributed by atoms with Gasteiger partial charge in [-0.15, -0.1) is 0 Å². The first-order valence-electron chi connectivity index (χ1n) is 6.67. The molecule has 1 fully saturated rings. The molecule has 1 aliphatic carbocycles. The summed E-state index contributed by atoms with van der Waals surface area (Å²) in [6.45, 7) is 3.84. The van der Waals surface area contributed by atoms with Gasteiger partial charge in [-0.1, -0.05) is 37.5 Å².